The van der Waals surface area contributed by atoms with Gasteiger partial charge >= 0.3 is 0 Å². The van der Waals surface area contributed by atoms with Gasteiger partial charge in [-0.15, -0.1) is 0 Å². The number of hydrogen-bond donors (Lipinski definition) is 2. The smallest absolute Gasteiger partial charge is 0.191 e. The van der Waals surface area contributed by atoms with E-state index in [0.717, 1.165) is 18.5 Å². The van der Waals surface area contributed by atoms with Gasteiger partial charge in [0.15, 0.2) is 5.96 Å². The number of nitrogens with two attached hydrogens (primary N) is 2. The van der Waals surface area contributed by atoms with Crippen LogP contribution in [0.1, 0.15) is 63.5 Å². The molecule has 112 valence electrons. The molecule has 1 aromatic carbocycles. The average molecular weight is 275 g/mol. The van der Waals surface area contributed by atoms with E-state index in [4.69, 9.17) is 11.5 Å². The van der Waals surface area contributed by atoms with Crippen LogP contribution in [0.5, 0.6) is 0 Å². The van der Waals surface area contributed by atoms with E-state index in [2.05, 4.69) is 31.0 Å². The van der Waals surface area contributed by atoms with Crippen LogP contribution in [0.2, 0.25) is 0 Å². The van der Waals surface area contributed by atoms with Gasteiger partial charge in [0, 0.05) is 0 Å². The summed E-state index contributed by atoms with van der Waals surface area (Å²) >= 11 is 0. The van der Waals surface area contributed by atoms with Gasteiger partial charge in [-0.2, -0.15) is 0 Å². The van der Waals surface area contributed by atoms with E-state index >= 15 is 0 Å². The van der Waals surface area contributed by atoms with Crippen molar-refractivity contribution in [1.82, 2.24) is 0 Å². The molecular weight excluding hydrogens is 246 g/mol. The van der Waals surface area contributed by atoms with Crippen LogP contribution in [0.15, 0.2) is 23.2 Å². The summed E-state index contributed by atoms with van der Waals surface area (Å²) in [6.45, 7) is 4.46. The highest BCUT2D eigenvalue weighted by molar-refractivity contribution is 5.79. The van der Waals surface area contributed by atoms with E-state index in [1.807, 2.05) is 6.07 Å². The van der Waals surface area contributed by atoms with E-state index in [1.165, 1.54) is 49.7 Å². The molecule has 0 radical (unpaired) electrons. The number of unbranched alkanes of at least 4 members (excludes halogenated alkanes) is 4. The zero-order valence-electron chi connectivity index (χ0n) is 13.0. The lowest BCUT2D eigenvalue weighted by Crippen LogP contribution is -2.22. The van der Waals surface area contributed by atoms with Crippen molar-refractivity contribution >= 4 is 11.6 Å². The highest BCUT2D eigenvalue weighted by atomic mass is 15.0. The summed E-state index contributed by atoms with van der Waals surface area (Å²) in [4.78, 5) is 4.30. The first-order chi connectivity index (χ1) is 9.69. The number of rotatable bonds is 9. The van der Waals surface area contributed by atoms with Gasteiger partial charge in [-0.1, -0.05) is 51.7 Å². The molecule has 0 spiro atoms. The Morgan fingerprint density at radius 2 is 1.60 bits per heavy atom. The summed E-state index contributed by atoms with van der Waals surface area (Å²) in [5.74, 6) is 0.146. The van der Waals surface area contributed by atoms with Crippen molar-refractivity contribution in [2.45, 2.75) is 65.2 Å². The van der Waals surface area contributed by atoms with Gasteiger partial charge in [-0.25, -0.2) is 4.99 Å². The Morgan fingerprint density at radius 3 is 2.20 bits per heavy atom. The summed E-state index contributed by atoms with van der Waals surface area (Å²) in [6.07, 6.45) is 9.65. The van der Waals surface area contributed by atoms with Crippen LogP contribution in [0.25, 0.3) is 0 Å². The van der Waals surface area contributed by atoms with Gasteiger partial charge in [0.2, 0.25) is 0 Å². The minimum atomic E-state index is 0.146. The number of hydrogen-bond acceptors (Lipinski definition) is 1. The van der Waals surface area contributed by atoms with Gasteiger partial charge in [-0.05, 0) is 42.9 Å². The van der Waals surface area contributed by atoms with Gasteiger partial charge < -0.3 is 11.5 Å². The van der Waals surface area contributed by atoms with Crippen molar-refractivity contribution in [3.63, 3.8) is 0 Å². The van der Waals surface area contributed by atoms with E-state index in [-0.39, 0.29) is 5.96 Å². The van der Waals surface area contributed by atoms with Crippen LogP contribution in [0.3, 0.4) is 0 Å². The Balaban J connectivity index is 2.92. The first kappa shape index (κ1) is 16.5. The molecule has 20 heavy (non-hydrogen) atoms. The van der Waals surface area contributed by atoms with E-state index in [9.17, 15) is 0 Å². The fraction of sp³-hybridized carbons (Fsp3) is 0.588. The normalized spacial score (nSPS) is 10.5. The highest BCUT2D eigenvalue weighted by Gasteiger charge is 2.08. The predicted octanol–water partition coefficient (Wildman–Crippen LogP) is 4.06. The van der Waals surface area contributed by atoms with E-state index in [1.54, 1.807) is 0 Å². The lowest BCUT2D eigenvalue weighted by molar-refractivity contribution is 0.694. The first-order valence-electron chi connectivity index (χ1n) is 7.89. The molecule has 0 unspecified atom stereocenters. The van der Waals surface area contributed by atoms with Crippen LogP contribution < -0.4 is 11.5 Å². The molecule has 0 heterocycles. The van der Waals surface area contributed by atoms with Crippen LogP contribution in [-0.2, 0) is 12.8 Å². The minimum absolute atomic E-state index is 0.146. The quantitative estimate of drug-likeness (QED) is 0.405. The molecule has 0 bridgehead atoms. The third kappa shape index (κ3) is 5.64. The standard InChI is InChI=1S/C17H29N3/c1-3-5-7-10-14-11-9-13-16(20-17(18)19)15(14)12-8-6-4-2/h9,11,13H,3-8,10,12H2,1-2H3,(H4,18,19,20). The third-order valence-corrected chi connectivity index (χ3v) is 3.58. The zero-order valence-corrected chi connectivity index (χ0v) is 13.0. The van der Waals surface area contributed by atoms with Gasteiger partial charge in [0.25, 0.3) is 0 Å². The maximum atomic E-state index is 5.55. The molecule has 1 rings (SSSR count). The van der Waals surface area contributed by atoms with Gasteiger partial charge in [0.1, 0.15) is 0 Å². The lowest BCUT2D eigenvalue weighted by atomic mass is 9.95. The molecule has 0 aliphatic carbocycles. The molecule has 0 saturated heterocycles. The molecule has 3 heteroatoms. The first-order valence-corrected chi connectivity index (χ1v) is 7.89. The number of benzene rings is 1. The van der Waals surface area contributed by atoms with Crippen molar-refractivity contribution in [2.24, 2.45) is 16.5 Å². The van der Waals surface area contributed by atoms with Crippen LogP contribution >= 0.6 is 0 Å². The molecule has 0 aliphatic rings. The Bertz CT molecular complexity index is 420. The molecule has 0 fully saturated rings. The summed E-state index contributed by atoms with van der Waals surface area (Å²) in [6, 6.07) is 6.30. The fourth-order valence-electron chi connectivity index (χ4n) is 2.51. The van der Waals surface area contributed by atoms with E-state index in [0.29, 0.717) is 0 Å². The SMILES string of the molecule is CCCCCc1cccc(N=C(N)N)c1CCCCC. The topological polar surface area (TPSA) is 64.4 Å². The van der Waals surface area contributed by atoms with Gasteiger partial charge in [0.05, 0.1) is 5.69 Å². The Labute approximate surface area is 123 Å². The Hall–Kier alpha value is -1.51. The number of guanidine groups is 1. The second kappa shape index (κ2) is 9.40. The maximum absolute atomic E-state index is 5.55. The number of nitrogens with zero attached hydrogens (tertiary/aromatic N) is 1. The number of aryl methyl sites for hydroxylation is 1. The Kier molecular flexibility index (Phi) is 7.78. The molecule has 1 aromatic rings. The molecule has 0 atom stereocenters. The van der Waals surface area contributed by atoms with Crippen molar-refractivity contribution in [1.29, 1.82) is 0 Å². The van der Waals surface area contributed by atoms with Crippen LogP contribution in [0, 0.1) is 0 Å². The molecule has 0 aliphatic heterocycles. The van der Waals surface area contributed by atoms with Crippen LogP contribution in [0.4, 0.5) is 5.69 Å². The second-order valence-electron chi connectivity index (χ2n) is 5.37. The monoisotopic (exact) mass is 275 g/mol. The Morgan fingerprint density at radius 1 is 0.950 bits per heavy atom. The third-order valence-electron chi connectivity index (χ3n) is 3.58. The number of aliphatic imine (C=N–C) groups is 1. The molecule has 0 saturated carbocycles. The maximum Gasteiger partial charge on any atom is 0.191 e. The lowest BCUT2D eigenvalue weighted by Gasteiger charge is -2.12. The second-order valence-corrected chi connectivity index (χ2v) is 5.37. The largest absolute Gasteiger partial charge is 0.370 e. The summed E-state index contributed by atoms with van der Waals surface area (Å²) < 4.78 is 0. The van der Waals surface area contributed by atoms with Crippen molar-refractivity contribution in [3.05, 3.63) is 29.3 Å². The van der Waals surface area contributed by atoms with Crippen LogP contribution in [-0.4, -0.2) is 5.96 Å². The van der Waals surface area contributed by atoms with Crippen molar-refractivity contribution in [2.75, 3.05) is 0 Å². The van der Waals surface area contributed by atoms with E-state index < -0.39 is 0 Å². The zero-order chi connectivity index (χ0) is 14.8. The van der Waals surface area contributed by atoms with Gasteiger partial charge in [-0.3, -0.25) is 0 Å². The fourth-order valence-corrected chi connectivity index (χ4v) is 2.51. The van der Waals surface area contributed by atoms with Crippen molar-refractivity contribution in [3.8, 4) is 0 Å². The average Bonchev–Trinajstić information content (AvgIpc) is 2.41. The minimum Gasteiger partial charge on any atom is -0.370 e. The molecular formula is C17H29N3. The summed E-state index contributed by atoms with van der Waals surface area (Å²) in [7, 11) is 0. The van der Waals surface area contributed by atoms with Crippen molar-refractivity contribution < 1.29 is 0 Å². The molecule has 4 N–H and O–H groups in total. The molecule has 0 amide bonds. The summed E-state index contributed by atoms with van der Waals surface area (Å²) in [5.41, 5.74) is 14.8. The highest BCUT2D eigenvalue weighted by Crippen LogP contribution is 2.26. The predicted molar refractivity (Wildman–Crippen MR) is 88.4 cm³/mol. The molecule has 0 aromatic heterocycles. The molecule has 3 nitrogen and oxygen atoms in total. The summed E-state index contributed by atoms with van der Waals surface area (Å²) in [5, 5.41) is 0.